The summed E-state index contributed by atoms with van der Waals surface area (Å²) in [7, 11) is 0. The molecule has 1 amide bonds. The minimum absolute atomic E-state index is 0.111. The van der Waals surface area contributed by atoms with Crippen molar-refractivity contribution in [2.45, 2.75) is 30.7 Å². The largest absolute Gasteiger partial charge is 0.416 e. The van der Waals surface area contributed by atoms with Crippen molar-refractivity contribution in [2.75, 3.05) is 11.4 Å². The molecule has 2 atom stereocenters. The van der Waals surface area contributed by atoms with Crippen molar-refractivity contribution < 1.29 is 23.1 Å². The Morgan fingerprint density at radius 3 is 2.65 bits per heavy atom. The normalized spacial score (nSPS) is 23.7. The van der Waals surface area contributed by atoms with Crippen molar-refractivity contribution in [3.63, 3.8) is 0 Å². The zero-order chi connectivity index (χ0) is 18.9. The lowest BCUT2D eigenvalue weighted by molar-refractivity contribution is -0.138. The summed E-state index contributed by atoms with van der Waals surface area (Å²) in [6.45, 7) is 0.233. The molecular weight excluding hydrogens is 347 g/mol. The van der Waals surface area contributed by atoms with E-state index in [-0.39, 0.29) is 24.9 Å². The number of benzene rings is 1. The highest BCUT2D eigenvalue weighted by Crippen LogP contribution is 2.39. The van der Waals surface area contributed by atoms with Gasteiger partial charge in [-0.2, -0.15) is 13.2 Å². The van der Waals surface area contributed by atoms with E-state index in [1.165, 1.54) is 12.1 Å². The number of aromatic nitrogens is 1. The Labute approximate surface area is 148 Å². The van der Waals surface area contributed by atoms with Gasteiger partial charge < -0.3 is 15.7 Å². The van der Waals surface area contributed by atoms with E-state index in [1.807, 2.05) is 0 Å². The molecule has 0 radical (unpaired) electrons. The maximum absolute atomic E-state index is 13.0. The van der Waals surface area contributed by atoms with Crippen molar-refractivity contribution in [1.29, 1.82) is 0 Å². The fourth-order valence-corrected chi connectivity index (χ4v) is 3.29. The fourth-order valence-electron chi connectivity index (χ4n) is 3.29. The molecule has 8 heteroatoms. The van der Waals surface area contributed by atoms with Crippen LogP contribution in [0.1, 0.15) is 24.0 Å². The first-order chi connectivity index (χ1) is 12.2. The van der Waals surface area contributed by atoms with Gasteiger partial charge in [0.2, 0.25) is 5.91 Å². The molecule has 1 aliphatic heterocycles. The van der Waals surface area contributed by atoms with E-state index in [4.69, 9.17) is 5.73 Å². The van der Waals surface area contributed by atoms with Crippen LogP contribution in [0, 0.1) is 0 Å². The quantitative estimate of drug-likeness (QED) is 0.876. The second-order valence-corrected chi connectivity index (χ2v) is 6.36. The number of pyridine rings is 1. The Balaban J connectivity index is 1.92. The highest BCUT2D eigenvalue weighted by molar-refractivity contribution is 5.83. The van der Waals surface area contributed by atoms with Crippen LogP contribution >= 0.6 is 0 Å². The van der Waals surface area contributed by atoms with E-state index >= 15 is 0 Å². The number of carbonyl (C=O) groups is 1. The third-order valence-corrected chi connectivity index (χ3v) is 4.67. The van der Waals surface area contributed by atoms with Gasteiger partial charge in [-0.25, -0.2) is 4.98 Å². The second-order valence-electron chi connectivity index (χ2n) is 6.36. The summed E-state index contributed by atoms with van der Waals surface area (Å²) in [5.41, 5.74) is 3.20. The molecule has 1 fully saturated rings. The van der Waals surface area contributed by atoms with Crippen molar-refractivity contribution in [3.8, 4) is 0 Å². The lowest BCUT2D eigenvalue weighted by atomic mass is 9.80. The first-order valence-electron chi connectivity index (χ1n) is 8.08. The Morgan fingerprint density at radius 2 is 2.04 bits per heavy atom. The number of anilines is 1. The van der Waals surface area contributed by atoms with Crippen LogP contribution in [0.25, 0.3) is 0 Å². The smallest absolute Gasteiger partial charge is 0.385 e. The Hall–Kier alpha value is -2.61. The number of hydrogen-bond donors (Lipinski definition) is 2. The molecule has 1 aromatic carbocycles. The van der Waals surface area contributed by atoms with Crippen molar-refractivity contribution in [2.24, 2.45) is 5.73 Å². The van der Waals surface area contributed by atoms with E-state index in [0.717, 1.165) is 12.1 Å². The van der Waals surface area contributed by atoms with E-state index in [0.29, 0.717) is 5.82 Å². The average molecular weight is 365 g/mol. The van der Waals surface area contributed by atoms with Gasteiger partial charge in [0.25, 0.3) is 0 Å². The van der Waals surface area contributed by atoms with Gasteiger partial charge in [-0.1, -0.05) is 18.2 Å². The average Bonchev–Trinajstić information content (AvgIpc) is 2.62. The number of piperidine rings is 1. The van der Waals surface area contributed by atoms with Gasteiger partial charge in [-0.3, -0.25) is 4.79 Å². The van der Waals surface area contributed by atoms with Gasteiger partial charge in [0, 0.05) is 19.2 Å². The van der Waals surface area contributed by atoms with Gasteiger partial charge in [0.1, 0.15) is 11.9 Å². The summed E-state index contributed by atoms with van der Waals surface area (Å²) in [5.74, 6) is -0.136. The number of carbonyl (C=O) groups excluding carboxylic acids is 1. The Bertz CT molecular complexity index is 798. The maximum Gasteiger partial charge on any atom is 0.416 e. The SMILES string of the molecule is NC(=O)C1CC(O)(c2cccc(C(F)(F)F)c2)CCN1c1ccccn1. The number of alkyl halides is 3. The molecule has 0 bridgehead atoms. The first-order valence-corrected chi connectivity index (χ1v) is 8.08. The van der Waals surface area contributed by atoms with Crippen molar-refractivity contribution in [3.05, 3.63) is 59.8 Å². The Morgan fingerprint density at radius 1 is 1.27 bits per heavy atom. The lowest BCUT2D eigenvalue weighted by Crippen LogP contribution is -2.55. The predicted molar refractivity (Wildman–Crippen MR) is 89.1 cm³/mol. The van der Waals surface area contributed by atoms with Crippen LogP contribution in [0.3, 0.4) is 0 Å². The maximum atomic E-state index is 13.0. The number of amides is 1. The van der Waals surface area contributed by atoms with Gasteiger partial charge in [0.05, 0.1) is 11.2 Å². The number of primary amides is 1. The summed E-state index contributed by atoms with van der Waals surface area (Å²) >= 11 is 0. The number of nitrogens with two attached hydrogens (primary N) is 1. The van der Waals surface area contributed by atoms with E-state index in [9.17, 15) is 23.1 Å². The Kier molecular flexibility index (Phi) is 4.62. The molecule has 3 N–H and O–H groups in total. The molecule has 1 saturated heterocycles. The number of halogens is 3. The van der Waals surface area contributed by atoms with Crippen molar-refractivity contribution >= 4 is 11.7 Å². The molecule has 5 nitrogen and oxygen atoms in total. The number of aliphatic hydroxyl groups is 1. The molecule has 1 aliphatic rings. The summed E-state index contributed by atoms with van der Waals surface area (Å²) < 4.78 is 38.9. The zero-order valence-electron chi connectivity index (χ0n) is 13.8. The number of hydrogen-bond acceptors (Lipinski definition) is 4. The summed E-state index contributed by atoms with van der Waals surface area (Å²) in [4.78, 5) is 17.8. The third-order valence-electron chi connectivity index (χ3n) is 4.67. The van der Waals surface area contributed by atoms with E-state index < -0.39 is 29.3 Å². The molecule has 2 aromatic rings. The predicted octanol–water partition coefficient (Wildman–Crippen LogP) is 2.44. The van der Waals surface area contributed by atoms with Crippen LogP contribution in [0.15, 0.2) is 48.7 Å². The lowest BCUT2D eigenvalue weighted by Gasteiger charge is -2.43. The van der Waals surface area contributed by atoms with Crippen LogP contribution in [0.5, 0.6) is 0 Å². The molecular formula is C18H18F3N3O2. The van der Waals surface area contributed by atoms with Crippen LogP contribution < -0.4 is 10.6 Å². The van der Waals surface area contributed by atoms with E-state index in [2.05, 4.69) is 4.98 Å². The molecule has 1 aromatic heterocycles. The minimum atomic E-state index is -4.51. The van der Waals surface area contributed by atoms with Crippen LogP contribution in [-0.4, -0.2) is 28.6 Å². The summed E-state index contributed by atoms with van der Waals surface area (Å²) in [6, 6.07) is 8.88. The molecule has 0 aliphatic carbocycles. The zero-order valence-corrected chi connectivity index (χ0v) is 13.8. The summed E-state index contributed by atoms with van der Waals surface area (Å²) in [5, 5.41) is 11.0. The number of rotatable bonds is 3. The highest BCUT2D eigenvalue weighted by atomic mass is 19.4. The second kappa shape index (κ2) is 6.60. The minimum Gasteiger partial charge on any atom is -0.385 e. The van der Waals surface area contributed by atoms with Gasteiger partial charge in [-0.15, -0.1) is 0 Å². The van der Waals surface area contributed by atoms with Gasteiger partial charge in [0.15, 0.2) is 0 Å². The van der Waals surface area contributed by atoms with Crippen LogP contribution in [0.2, 0.25) is 0 Å². The molecule has 0 saturated carbocycles. The molecule has 2 unspecified atom stereocenters. The monoisotopic (exact) mass is 365 g/mol. The fraction of sp³-hybridized carbons (Fsp3) is 0.333. The molecule has 0 spiro atoms. The van der Waals surface area contributed by atoms with Crippen LogP contribution in [-0.2, 0) is 16.6 Å². The van der Waals surface area contributed by atoms with Crippen LogP contribution in [0.4, 0.5) is 19.0 Å². The van der Waals surface area contributed by atoms with E-state index in [1.54, 1.807) is 29.3 Å². The van der Waals surface area contributed by atoms with Gasteiger partial charge in [-0.05, 0) is 36.2 Å². The molecule has 2 heterocycles. The summed E-state index contributed by atoms with van der Waals surface area (Å²) in [6.07, 6.45) is -2.90. The first kappa shape index (κ1) is 18.2. The van der Waals surface area contributed by atoms with Crippen molar-refractivity contribution in [1.82, 2.24) is 4.98 Å². The molecule has 138 valence electrons. The molecule has 3 rings (SSSR count). The highest BCUT2D eigenvalue weighted by Gasteiger charge is 2.43. The number of nitrogens with zero attached hydrogens (tertiary/aromatic N) is 2. The van der Waals surface area contributed by atoms with Gasteiger partial charge >= 0.3 is 6.18 Å². The topological polar surface area (TPSA) is 79.5 Å². The third kappa shape index (κ3) is 3.50. The molecule has 26 heavy (non-hydrogen) atoms. The standard InChI is InChI=1S/C18H18F3N3O2/c19-18(20,21)13-5-3-4-12(10-13)17(26)7-9-24(14(11-17)16(22)25)15-6-1-2-8-23-15/h1-6,8,10,14,26H,7,9,11H2,(H2,22,25).